The van der Waals surface area contributed by atoms with Crippen molar-refractivity contribution in [2.24, 2.45) is 0 Å². The summed E-state index contributed by atoms with van der Waals surface area (Å²) in [6, 6.07) is 13.3. The molecule has 0 saturated heterocycles. The van der Waals surface area contributed by atoms with E-state index in [0.717, 1.165) is 11.3 Å². The number of imidazole rings is 1. The van der Waals surface area contributed by atoms with Gasteiger partial charge in [0.05, 0.1) is 12.4 Å². The van der Waals surface area contributed by atoms with Crippen molar-refractivity contribution in [1.82, 2.24) is 14.9 Å². The largest absolute Gasteiger partial charge is 0.484 e. The lowest BCUT2D eigenvalue weighted by atomic mass is 10.1. The summed E-state index contributed by atoms with van der Waals surface area (Å²) >= 11 is 0. The van der Waals surface area contributed by atoms with E-state index in [1.54, 1.807) is 12.5 Å². The Hall–Kier alpha value is -3.15. The van der Waals surface area contributed by atoms with E-state index in [2.05, 4.69) is 10.3 Å². The molecule has 0 radical (unpaired) electrons. The van der Waals surface area contributed by atoms with Crippen molar-refractivity contribution in [1.29, 1.82) is 0 Å². The maximum Gasteiger partial charge on any atom is 0.258 e. The zero-order valence-electron chi connectivity index (χ0n) is 13.7. The predicted octanol–water partition coefficient (Wildman–Crippen LogP) is 3.27. The van der Waals surface area contributed by atoms with E-state index >= 15 is 0 Å². The molecule has 5 nitrogen and oxygen atoms in total. The third-order valence-electron chi connectivity index (χ3n) is 3.76. The van der Waals surface area contributed by atoms with E-state index in [0.29, 0.717) is 5.75 Å². The topological polar surface area (TPSA) is 56.1 Å². The second-order valence-corrected chi connectivity index (χ2v) is 5.59. The van der Waals surface area contributed by atoms with Crippen LogP contribution in [0.3, 0.4) is 0 Å². The summed E-state index contributed by atoms with van der Waals surface area (Å²) in [5.41, 5.74) is 1.98. The number of aromatic nitrogens is 2. The summed E-state index contributed by atoms with van der Waals surface area (Å²) in [6.45, 7) is 1.78. The van der Waals surface area contributed by atoms with Crippen LogP contribution in [0, 0.1) is 5.82 Å². The molecule has 0 aliphatic rings. The predicted molar refractivity (Wildman–Crippen MR) is 92.0 cm³/mol. The number of nitrogens with zero attached hydrogens (tertiary/aromatic N) is 2. The Morgan fingerprint density at radius 1 is 1.20 bits per heavy atom. The number of rotatable bonds is 6. The molecule has 1 atom stereocenters. The number of carbonyl (C=O) groups excluding carboxylic acids is 1. The maximum absolute atomic E-state index is 12.8. The molecule has 1 heterocycles. The summed E-state index contributed by atoms with van der Waals surface area (Å²) in [7, 11) is 0. The lowest BCUT2D eigenvalue weighted by molar-refractivity contribution is -0.123. The summed E-state index contributed by atoms with van der Waals surface area (Å²) in [5.74, 6) is -0.131. The smallest absolute Gasteiger partial charge is 0.258 e. The molecule has 3 aromatic rings. The first-order valence-corrected chi connectivity index (χ1v) is 7.88. The van der Waals surface area contributed by atoms with Gasteiger partial charge in [-0.25, -0.2) is 9.37 Å². The fourth-order valence-electron chi connectivity index (χ4n) is 2.39. The minimum Gasteiger partial charge on any atom is -0.484 e. The second-order valence-electron chi connectivity index (χ2n) is 5.59. The fraction of sp³-hybridized carbons (Fsp3) is 0.158. The first kappa shape index (κ1) is 16.7. The van der Waals surface area contributed by atoms with E-state index in [-0.39, 0.29) is 24.4 Å². The number of hydrogen-bond acceptors (Lipinski definition) is 3. The number of halogens is 1. The summed E-state index contributed by atoms with van der Waals surface area (Å²) < 4.78 is 20.1. The first-order chi connectivity index (χ1) is 12.1. The van der Waals surface area contributed by atoms with Crippen molar-refractivity contribution in [3.05, 3.63) is 78.6 Å². The van der Waals surface area contributed by atoms with Crippen LogP contribution >= 0.6 is 0 Å². The average Bonchev–Trinajstić information content (AvgIpc) is 3.16. The normalized spacial score (nSPS) is 11.8. The van der Waals surface area contributed by atoms with E-state index in [4.69, 9.17) is 4.74 Å². The lowest BCUT2D eigenvalue weighted by Crippen LogP contribution is -2.31. The van der Waals surface area contributed by atoms with Crippen LogP contribution in [0.5, 0.6) is 5.75 Å². The monoisotopic (exact) mass is 339 g/mol. The minimum absolute atomic E-state index is 0.122. The molecule has 0 saturated carbocycles. The Balaban J connectivity index is 1.53. The van der Waals surface area contributed by atoms with Crippen LogP contribution in [0.25, 0.3) is 5.69 Å². The Labute approximate surface area is 145 Å². The van der Waals surface area contributed by atoms with Gasteiger partial charge in [0.25, 0.3) is 5.91 Å². The third kappa shape index (κ3) is 4.44. The molecule has 0 bridgehead atoms. The molecule has 1 aromatic heterocycles. The number of benzene rings is 2. The van der Waals surface area contributed by atoms with Crippen molar-refractivity contribution >= 4 is 5.91 Å². The summed E-state index contributed by atoms with van der Waals surface area (Å²) in [5, 5.41) is 2.87. The second kappa shape index (κ2) is 7.61. The Bertz CT molecular complexity index is 815. The third-order valence-corrected chi connectivity index (χ3v) is 3.76. The van der Waals surface area contributed by atoms with Crippen LogP contribution in [0.4, 0.5) is 4.39 Å². The van der Waals surface area contributed by atoms with Gasteiger partial charge in [0.1, 0.15) is 11.6 Å². The Morgan fingerprint density at radius 3 is 2.56 bits per heavy atom. The van der Waals surface area contributed by atoms with Crippen LogP contribution in [0.1, 0.15) is 18.5 Å². The molecule has 3 rings (SSSR count). The lowest BCUT2D eigenvalue weighted by Gasteiger charge is -2.15. The molecule has 0 unspecified atom stereocenters. The molecular formula is C19H18FN3O2. The Morgan fingerprint density at radius 2 is 1.92 bits per heavy atom. The zero-order chi connectivity index (χ0) is 17.6. The van der Waals surface area contributed by atoms with Gasteiger partial charge in [0, 0.05) is 18.1 Å². The minimum atomic E-state index is -0.343. The van der Waals surface area contributed by atoms with Crippen molar-refractivity contribution < 1.29 is 13.9 Å². The Kier molecular flexibility index (Phi) is 5.09. The quantitative estimate of drug-likeness (QED) is 0.750. The summed E-state index contributed by atoms with van der Waals surface area (Å²) in [6.07, 6.45) is 5.32. The van der Waals surface area contributed by atoms with Gasteiger partial charge in [-0.3, -0.25) is 4.79 Å². The van der Waals surface area contributed by atoms with E-state index in [1.165, 1.54) is 24.3 Å². The highest BCUT2D eigenvalue weighted by atomic mass is 19.1. The molecule has 0 fully saturated rings. The average molecular weight is 339 g/mol. The number of ether oxygens (including phenoxy) is 1. The van der Waals surface area contributed by atoms with Crippen molar-refractivity contribution in [2.75, 3.05) is 6.61 Å². The van der Waals surface area contributed by atoms with Crippen molar-refractivity contribution in [2.45, 2.75) is 13.0 Å². The van der Waals surface area contributed by atoms with Crippen LogP contribution in [-0.4, -0.2) is 22.1 Å². The van der Waals surface area contributed by atoms with Gasteiger partial charge in [-0.2, -0.15) is 0 Å². The van der Waals surface area contributed by atoms with Crippen molar-refractivity contribution in [3.63, 3.8) is 0 Å². The summed E-state index contributed by atoms with van der Waals surface area (Å²) in [4.78, 5) is 16.0. The molecule has 0 spiro atoms. The molecule has 25 heavy (non-hydrogen) atoms. The zero-order valence-corrected chi connectivity index (χ0v) is 13.7. The van der Waals surface area contributed by atoms with Gasteiger partial charge < -0.3 is 14.6 Å². The van der Waals surface area contributed by atoms with Gasteiger partial charge >= 0.3 is 0 Å². The highest BCUT2D eigenvalue weighted by Gasteiger charge is 2.10. The molecule has 0 aliphatic heterocycles. The number of nitrogens with one attached hydrogen (secondary N) is 1. The highest BCUT2D eigenvalue weighted by Crippen LogP contribution is 2.16. The molecule has 128 valence electrons. The number of amides is 1. The molecule has 2 aromatic carbocycles. The van der Waals surface area contributed by atoms with Crippen LogP contribution < -0.4 is 10.1 Å². The molecule has 1 amide bonds. The van der Waals surface area contributed by atoms with Gasteiger partial charge in [0.2, 0.25) is 0 Å². The number of hydrogen-bond donors (Lipinski definition) is 1. The van der Waals surface area contributed by atoms with E-state index < -0.39 is 0 Å². The molecule has 1 N–H and O–H groups in total. The van der Waals surface area contributed by atoms with Gasteiger partial charge in [-0.15, -0.1) is 0 Å². The van der Waals surface area contributed by atoms with Gasteiger partial charge in [-0.1, -0.05) is 12.1 Å². The first-order valence-electron chi connectivity index (χ1n) is 7.88. The maximum atomic E-state index is 12.8. The molecule has 6 heteroatoms. The van der Waals surface area contributed by atoms with Gasteiger partial charge in [-0.05, 0) is 48.9 Å². The molecular weight excluding hydrogens is 321 g/mol. The van der Waals surface area contributed by atoms with Crippen LogP contribution in [0.15, 0.2) is 67.3 Å². The van der Waals surface area contributed by atoms with Crippen LogP contribution in [0.2, 0.25) is 0 Å². The van der Waals surface area contributed by atoms with Crippen molar-refractivity contribution in [3.8, 4) is 11.4 Å². The standard InChI is InChI=1S/C19H18FN3O2/c1-14(15-2-6-17(7-3-15)23-11-10-21-13-23)22-19(24)12-25-18-8-4-16(20)5-9-18/h2-11,13-14H,12H2,1H3,(H,22,24)/t14-/m1/s1. The fourth-order valence-corrected chi connectivity index (χ4v) is 2.39. The SMILES string of the molecule is C[C@@H](NC(=O)COc1ccc(F)cc1)c1ccc(-n2ccnc2)cc1. The number of carbonyl (C=O) groups is 1. The van der Waals surface area contributed by atoms with Crippen LogP contribution in [-0.2, 0) is 4.79 Å². The van der Waals surface area contributed by atoms with Gasteiger partial charge in [0.15, 0.2) is 6.61 Å². The van der Waals surface area contributed by atoms with E-state index in [9.17, 15) is 9.18 Å². The van der Waals surface area contributed by atoms with E-state index in [1.807, 2.05) is 42.0 Å². The highest BCUT2D eigenvalue weighted by molar-refractivity contribution is 5.78. The molecule has 0 aliphatic carbocycles.